The zero-order chi connectivity index (χ0) is 36.7. The summed E-state index contributed by atoms with van der Waals surface area (Å²) < 4.78 is 11.8. The summed E-state index contributed by atoms with van der Waals surface area (Å²) in [4.78, 5) is 17.3. The fraction of sp³-hybridized carbons (Fsp3) is 0.804. The highest BCUT2D eigenvalue weighted by atomic mass is 16.6. The highest BCUT2D eigenvalue weighted by Gasteiger charge is 2.22. The number of allylic oxidation sites excluding steroid dienone is 8. The summed E-state index contributed by atoms with van der Waals surface area (Å²) in [5, 5.41) is 0. The maximum absolute atomic E-state index is 13.0. The summed E-state index contributed by atoms with van der Waals surface area (Å²) in [6.07, 6.45) is 51.7. The van der Waals surface area contributed by atoms with Gasteiger partial charge in [0.2, 0.25) is 0 Å². The summed E-state index contributed by atoms with van der Waals surface area (Å²) in [5.41, 5.74) is 0. The van der Waals surface area contributed by atoms with Crippen LogP contribution in [0.25, 0.3) is 0 Å². The van der Waals surface area contributed by atoms with Gasteiger partial charge in [-0.25, -0.2) is 4.79 Å². The zero-order valence-corrected chi connectivity index (χ0v) is 34.1. The Morgan fingerprint density at radius 1 is 0.588 bits per heavy atom. The topological polar surface area (TPSA) is 42.0 Å². The molecule has 5 nitrogen and oxygen atoms in total. The molecule has 0 aromatic heterocycles. The van der Waals surface area contributed by atoms with E-state index in [0.717, 1.165) is 51.8 Å². The van der Waals surface area contributed by atoms with Gasteiger partial charge < -0.3 is 19.3 Å². The third-order valence-corrected chi connectivity index (χ3v) is 10.2. The van der Waals surface area contributed by atoms with Crippen LogP contribution in [0.2, 0.25) is 0 Å². The highest BCUT2D eigenvalue weighted by Crippen LogP contribution is 2.18. The summed E-state index contributed by atoms with van der Waals surface area (Å²) in [6.45, 7) is 8.98. The average Bonchev–Trinajstić information content (AvgIpc) is 3.55. The van der Waals surface area contributed by atoms with E-state index in [1.807, 2.05) is 4.90 Å². The second-order valence-electron chi connectivity index (χ2n) is 14.9. The van der Waals surface area contributed by atoms with E-state index in [1.165, 1.54) is 141 Å². The second-order valence-corrected chi connectivity index (χ2v) is 14.9. The van der Waals surface area contributed by atoms with E-state index >= 15 is 0 Å². The minimum atomic E-state index is -0.157. The normalized spacial score (nSPS) is 15.5. The predicted molar refractivity (Wildman–Crippen MR) is 223 cm³/mol. The second kappa shape index (κ2) is 37.9. The average molecular weight is 713 g/mol. The molecule has 1 aliphatic heterocycles. The maximum atomic E-state index is 13.0. The lowest BCUT2D eigenvalue weighted by molar-refractivity contribution is 0.0693. The van der Waals surface area contributed by atoms with Gasteiger partial charge in [-0.05, 0) is 110 Å². The molecular weight excluding hydrogens is 629 g/mol. The molecule has 0 radical (unpaired) electrons. The third-order valence-electron chi connectivity index (χ3n) is 10.2. The van der Waals surface area contributed by atoms with Gasteiger partial charge in [0.25, 0.3) is 0 Å². The van der Waals surface area contributed by atoms with Crippen LogP contribution in [0, 0.1) is 0 Å². The first-order valence-electron chi connectivity index (χ1n) is 22.0. The van der Waals surface area contributed by atoms with E-state index in [1.54, 1.807) is 0 Å². The fourth-order valence-electron chi connectivity index (χ4n) is 6.77. The SMILES string of the molecule is CCCCCC=CCC=CCCCCCCCCOCCN(CCCCCCCCC=CCC=CCCCCC)C(=O)OCCC1CCCN1C. The van der Waals surface area contributed by atoms with E-state index in [-0.39, 0.29) is 6.09 Å². The van der Waals surface area contributed by atoms with Gasteiger partial charge in [0.1, 0.15) is 0 Å². The first-order valence-corrected chi connectivity index (χ1v) is 22.0. The largest absolute Gasteiger partial charge is 0.449 e. The summed E-state index contributed by atoms with van der Waals surface area (Å²) in [5.74, 6) is 0. The number of hydrogen-bond acceptors (Lipinski definition) is 4. The van der Waals surface area contributed by atoms with Crippen LogP contribution in [0.1, 0.15) is 187 Å². The maximum Gasteiger partial charge on any atom is 0.409 e. The molecule has 0 saturated carbocycles. The van der Waals surface area contributed by atoms with Gasteiger partial charge in [0.15, 0.2) is 0 Å². The molecule has 1 unspecified atom stereocenters. The third kappa shape index (κ3) is 31.4. The van der Waals surface area contributed by atoms with Crippen molar-refractivity contribution in [1.29, 1.82) is 0 Å². The van der Waals surface area contributed by atoms with Crippen LogP contribution in [0.5, 0.6) is 0 Å². The van der Waals surface area contributed by atoms with E-state index in [4.69, 9.17) is 9.47 Å². The molecule has 0 aliphatic carbocycles. The molecule has 1 heterocycles. The van der Waals surface area contributed by atoms with Crippen LogP contribution in [0.4, 0.5) is 4.79 Å². The molecule has 0 bridgehead atoms. The lowest BCUT2D eigenvalue weighted by atomic mass is 10.1. The Morgan fingerprint density at radius 3 is 1.59 bits per heavy atom. The standard InChI is InChI=1S/C46H84N2O3/c1-4-6-8-10-12-14-16-18-20-22-24-26-28-30-32-34-40-48(46(49)51-43-38-45-37-36-39-47(45)3)41-44-50-42-35-33-31-29-27-25-23-21-19-17-15-13-11-9-7-5-2/h12-15,18-21,45H,4-11,16-17,22-44H2,1-3H3. The molecule has 0 N–H and O–H groups in total. The van der Waals surface area contributed by atoms with Crippen LogP contribution in [0.15, 0.2) is 48.6 Å². The first-order chi connectivity index (χ1) is 25.2. The number of nitrogens with zero attached hydrogens (tertiary/aromatic N) is 2. The number of carbonyl (C=O) groups is 1. The predicted octanol–water partition coefficient (Wildman–Crippen LogP) is 13.6. The minimum absolute atomic E-state index is 0.157. The monoisotopic (exact) mass is 713 g/mol. The number of ether oxygens (including phenoxy) is 2. The molecule has 0 spiro atoms. The summed E-state index contributed by atoms with van der Waals surface area (Å²) in [6, 6.07) is 0.552. The number of carbonyl (C=O) groups excluding carboxylic acids is 1. The smallest absolute Gasteiger partial charge is 0.409 e. The number of likely N-dealkylation sites (tertiary alicyclic amines) is 1. The van der Waals surface area contributed by atoms with E-state index < -0.39 is 0 Å². The van der Waals surface area contributed by atoms with Gasteiger partial charge in [-0.3, -0.25) is 0 Å². The van der Waals surface area contributed by atoms with Crippen molar-refractivity contribution in [1.82, 2.24) is 9.80 Å². The van der Waals surface area contributed by atoms with Gasteiger partial charge in [-0.1, -0.05) is 140 Å². The van der Waals surface area contributed by atoms with Crippen molar-refractivity contribution in [2.24, 2.45) is 0 Å². The van der Waals surface area contributed by atoms with Gasteiger partial charge >= 0.3 is 6.09 Å². The van der Waals surface area contributed by atoms with Crippen LogP contribution in [-0.4, -0.2) is 68.4 Å². The molecular formula is C46H84N2O3. The van der Waals surface area contributed by atoms with Crippen LogP contribution < -0.4 is 0 Å². The summed E-state index contributed by atoms with van der Waals surface area (Å²) in [7, 11) is 2.18. The molecule has 1 aliphatic rings. The molecule has 1 rings (SSSR count). The fourth-order valence-corrected chi connectivity index (χ4v) is 6.77. The van der Waals surface area contributed by atoms with Crippen LogP contribution >= 0.6 is 0 Å². The number of amides is 1. The number of rotatable bonds is 36. The van der Waals surface area contributed by atoms with Gasteiger partial charge in [0, 0.05) is 25.7 Å². The van der Waals surface area contributed by atoms with Crippen molar-refractivity contribution < 1.29 is 14.3 Å². The van der Waals surface area contributed by atoms with Crippen molar-refractivity contribution in [3.63, 3.8) is 0 Å². The van der Waals surface area contributed by atoms with Crippen molar-refractivity contribution in [3.8, 4) is 0 Å². The Labute approximate surface area is 317 Å². The number of hydrogen-bond donors (Lipinski definition) is 0. The summed E-state index contributed by atoms with van der Waals surface area (Å²) >= 11 is 0. The van der Waals surface area contributed by atoms with E-state index in [9.17, 15) is 4.79 Å². The minimum Gasteiger partial charge on any atom is -0.449 e. The molecule has 1 saturated heterocycles. The van der Waals surface area contributed by atoms with Crippen LogP contribution in [-0.2, 0) is 9.47 Å². The molecule has 5 heteroatoms. The Kier molecular flexibility index (Phi) is 35.0. The Balaban J connectivity index is 2.14. The molecule has 1 atom stereocenters. The van der Waals surface area contributed by atoms with Crippen molar-refractivity contribution in [3.05, 3.63) is 48.6 Å². The highest BCUT2D eigenvalue weighted by molar-refractivity contribution is 5.67. The van der Waals surface area contributed by atoms with Gasteiger partial charge in [0.05, 0.1) is 13.2 Å². The molecule has 51 heavy (non-hydrogen) atoms. The van der Waals surface area contributed by atoms with Crippen LogP contribution in [0.3, 0.4) is 0 Å². The molecule has 0 aromatic rings. The Hall–Kier alpha value is -1.85. The Morgan fingerprint density at radius 2 is 1.08 bits per heavy atom. The quantitative estimate of drug-likeness (QED) is 0.0479. The first kappa shape index (κ1) is 47.2. The van der Waals surface area contributed by atoms with Gasteiger partial charge in [-0.2, -0.15) is 0 Å². The molecule has 296 valence electrons. The zero-order valence-electron chi connectivity index (χ0n) is 34.1. The Bertz CT molecular complexity index is 867. The lowest BCUT2D eigenvalue weighted by Gasteiger charge is -2.24. The van der Waals surface area contributed by atoms with Crippen molar-refractivity contribution in [2.45, 2.75) is 193 Å². The number of unbranched alkanes of at least 4 members (excludes halogenated alkanes) is 18. The lowest BCUT2D eigenvalue weighted by Crippen LogP contribution is -2.36. The van der Waals surface area contributed by atoms with Crippen molar-refractivity contribution in [2.75, 3.05) is 46.5 Å². The molecule has 1 amide bonds. The van der Waals surface area contributed by atoms with E-state index in [2.05, 4.69) is 74.4 Å². The van der Waals surface area contributed by atoms with Gasteiger partial charge in [-0.15, -0.1) is 0 Å². The molecule has 0 aromatic carbocycles. The van der Waals surface area contributed by atoms with Crippen molar-refractivity contribution >= 4 is 6.09 Å². The van der Waals surface area contributed by atoms with E-state index in [0.29, 0.717) is 25.8 Å². The molecule has 1 fully saturated rings.